The topological polar surface area (TPSA) is 49.4 Å². The van der Waals surface area contributed by atoms with Crippen LogP contribution in [0.3, 0.4) is 0 Å². The maximum Gasteiger partial charge on any atom is 0.217 e. The van der Waals surface area contributed by atoms with Gasteiger partial charge in [0.25, 0.3) is 0 Å². The molecule has 0 radical (unpaired) electrons. The van der Waals surface area contributed by atoms with Crippen molar-refractivity contribution in [3.8, 4) is 0 Å². The zero-order chi connectivity index (χ0) is 6.41. The van der Waals surface area contributed by atoms with E-state index in [2.05, 4.69) is 5.32 Å². The second kappa shape index (κ2) is 4.26. The molecule has 0 saturated carbocycles. The van der Waals surface area contributed by atoms with E-state index in [1.165, 1.54) is 0 Å². The SMILES string of the molecule is CNCN(C=O)C=O. The van der Waals surface area contributed by atoms with Gasteiger partial charge in [0.2, 0.25) is 12.8 Å². The quantitative estimate of drug-likeness (QED) is 0.370. The molecule has 1 N–H and O–H groups in total. The number of nitrogens with one attached hydrogen (secondary N) is 1. The summed E-state index contributed by atoms with van der Waals surface area (Å²) in [5, 5.41) is 2.63. The smallest absolute Gasteiger partial charge is 0.217 e. The molecule has 0 aliphatic heterocycles. The molecule has 4 nitrogen and oxygen atoms in total. The first-order valence-electron chi connectivity index (χ1n) is 2.16. The van der Waals surface area contributed by atoms with Gasteiger partial charge in [0.05, 0.1) is 6.67 Å². The molecule has 0 saturated heterocycles. The monoisotopic (exact) mass is 116 g/mol. The van der Waals surface area contributed by atoms with E-state index in [9.17, 15) is 9.59 Å². The standard InChI is InChI=1S/C4H8N2O2/c1-5-2-6(3-7)4-8/h3-5H,2H2,1H3. The van der Waals surface area contributed by atoms with Crippen LogP contribution in [0, 0.1) is 0 Å². The Labute approximate surface area is 47.5 Å². The van der Waals surface area contributed by atoms with Crippen LogP contribution in [0.5, 0.6) is 0 Å². The van der Waals surface area contributed by atoms with Crippen LogP contribution in [0.25, 0.3) is 0 Å². The highest BCUT2D eigenvalue weighted by atomic mass is 16.2. The molecule has 0 aromatic rings. The molecular weight excluding hydrogens is 108 g/mol. The van der Waals surface area contributed by atoms with Gasteiger partial charge in [-0.05, 0) is 7.05 Å². The van der Waals surface area contributed by atoms with Crippen LogP contribution in [0.1, 0.15) is 0 Å². The largest absolute Gasteiger partial charge is 0.303 e. The van der Waals surface area contributed by atoms with Gasteiger partial charge in [-0.3, -0.25) is 14.5 Å². The first-order chi connectivity index (χ1) is 3.85. The fourth-order valence-electron chi connectivity index (χ4n) is 0.282. The minimum atomic E-state index is 0.271. The van der Waals surface area contributed by atoms with Crippen LogP contribution in [0.4, 0.5) is 0 Å². The van der Waals surface area contributed by atoms with Crippen LogP contribution in [0.2, 0.25) is 0 Å². The zero-order valence-corrected chi connectivity index (χ0v) is 4.63. The maximum absolute atomic E-state index is 9.78. The lowest BCUT2D eigenvalue weighted by atomic mass is 10.8. The molecule has 0 aliphatic carbocycles. The molecule has 0 heterocycles. The predicted octanol–water partition coefficient (Wildman–Crippen LogP) is -1.22. The highest BCUT2D eigenvalue weighted by Gasteiger charge is 1.91. The number of rotatable bonds is 4. The number of carbonyl (C=O) groups is 2. The van der Waals surface area contributed by atoms with E-state index >= 15 is 0 Å². The summed E-state index contributed by atoms with van der Waals surface area (Å²) in [5.41, 5.74) is 0. The van der Waals surface area contributed by atoms with E-state index in [4.69, 9.17) is 0 Å². The minimum absolute atomic E-state index is 0.271. The number of carbonyl (C=O) groups excluding carboxylic acids is 2. The Morgan fingerprint density at radius 2 is 2.00 bits per heavy atom. The van der Waals surface area contributed by atoms with Crippen molar-refractivity contribution in [2.45, 2.75) is 0 Å². The van der Waals surface area contributed by atoms with Crippen LogP contribution in [-0.2, 0) is 9.59 Å². The molecule has 0 bridgehead atoms. The highest BCUT2D eigenvalue weighted by Crippen LogP contribution is 1.66. The Morgan fingerprint density at radius 3 is 2.12 bits per heavy atom. The van der Waals surface area contributed by atoms with Gasteiger partial charge >= 0.3 is 0 Å². The van der Waals surface area contributed by atoms with Crippen molar-refractivity contribution in [3.63, 3.8) is 0 Å². The molecule has 0 aromatic carbocycles. The average molecular weight is 116 g/mol. The Kier molecular flexibility index (Phi) is 3.78. The van der Waals surface area contributed by atoms with Gasteiger partial charge < -0.3 is 5.32 Å². The van der Waals surface area contributed by atoms with Gasteiger partial charge in [-0.15, -0.1) is 0 Å². The van der Waals surface area contributed by atoms with Gasteiger partial charge in [0.1, 0.15) is 0 Å². The van der Waals surface area contributed by atoms with Gasteiger partial charge in [-0.1, -0.05) is 0 Å². The summed E-state index contributed by atoms with van der Waals surface area (Å²) in [4.78, 5) is 20.5. The summed E-state index contributed by atoms with van der Waals surface area (Å²) in [7, 11) is 1.65. The van der Waals surface area contributed by atoms with E-state index in [0.29, 0.717) is 12.8 Å². The summed E-state index contributed by atoms with van der Waals surface area (Å²) >= 11 is 0. The summed E-state index contributed by atoms with van der Waals surface area (Å²) in [5.74, 6) is 0. The van der Waals surface area contributed by atoms with Crippen LogP contribution in [-0.4, -0.2) is 31.4 Å². The third kappa shape index (κ3) is 2.30. The Bertz CT molecular complexity index is 76.1. The van der Waals surface area contributed by atoms with Crippen LogP contribution in [0.15, 0.2) is 0 Å². The molecule has 0 rings (SSSR count). The third-order valence-electron chi connectivity index (χ3n) is 0.611. The number of hydrogen-bond donors (Lipinski definition) is 1. The van der Waals surface area contributed by atoms with Crippen molar-refractivity contribution < 1.29 is 9.59 Å². The molecular formula is C4H8N2O2. The van der Waals surface area contributed by atoms with E-state index in [1.807, 2.05) is 0 Å². The second-order valence-electron chi connectivity index (χ2n) is 1.24. The second-order valence-corrected chi connectivity index (χ2v) is 1.24. The molecule has 0 fully saturated rings. The molecule has 2 amide bonds. The molecule has 0 aromatic heterocycles. The Balaban J connectivity index is 3.35. The Morgan fingerprint density at radius 1 is 1.50 bits per heavy atom. The first kappa shape index (κ1) is 7.10. The molecule has 0 atom stereocenters. The Hall–Kier alpha value is -0.900. The van der Waals surface area contributed by atoms with Gasteiger partial charge in [-0.25, -0.2) is 0 Å². The molecule has 4 heteroatoms. The third-order valence-corrected chi connectivity index (χ3v) is 0.611. The number of amides is 2. The minimum Gasteiger partial charge on any atom is -0.303 e. The van der Waals surface area contributed by atoms with Crippen LogP contribution < -0.4 is 5.32 Å². The number of imide groups is 1. The van der Waals surface area contributed by atoms with E-state index < -0.39 is 0 Å². The van der Waals surface area contributed by atoms with Crippen LogP contribution >= 0.6 is 0 Å². The predicted molar refractivity (Wildman–Crippen MR) is 27.9 cm³/mol. The van der Waals surface area contributed by atoms with Crippen molar-refractivity contribution in [2.24, 2.45) is 0 Å². The van der Waals surface area contributed by atoms with Crippen molar-refractivity contribution in [2.75, 3.05) is 13.7 Å². The number of nitrogens with zero attached hydrogens (tertiary/aromatic N) is 1. The van der Waals surface area contributed by atoms with Gasteiger partial charge in [-0.2, -0.15) is 0 Å². The van der Waals surface area contributed by atoms with Crippen molar-refractivity contribution in [1.29, 1.82) is 0 Å². The first-order valence-corrected chi connectivity index (χ1v) is 2.16. The molecule has 0 aliphatic rings. The average Bonchev–Trinajstić information content (AvgIpc) is 1.83. The fraction of sp³-hybridized carbons (Fsp3) is 0.500. The normalized spacial score (nSPS) is 8.12. The molecule has 0 unspecified atom stereocenters. The molecule has 0 spiro atoms. The number of hydrogen-bond acceptors (Lipinski definition) is 3. The van der Waals surface area contributed by atoms with E-state index in [-0.39, 0.29) is 6.67 Å². The lowest BCUT2D eigenvalue weighted by Gasteiger charge is -2.04. The lowest BCUT2D eigenvalue weighted by Crippen LogP contribution is -2.29. The highest BCUT2D eigenvalue weighted by molar-refractivity contribution is 5.68. The fourth-order valence-corrected chi connectivity index (χ4v) is 0.282. The summed E-state index contributed by atoms with van der Waals surface area (Å²) < 4.78 is 0. The van der Waals surface area contributed by atoms with Gasteiger partial charge in [0, 0.05) is 0 Å². The van der Waals surface area contributed by atoms with Crippen molar-refractivity contribution >= 4 is 12.8 Å². The summed E-state index contributed by atoms with van der Waals surface area (Å²) in [6.45, 7) is 0.271. The van der Waals surface area contributed by atoms with E-state index in [1.54, 1.807) is 7.05 Å². The van der Waals surface area contributed by atoms with E-state index in [0.717, 1.165) is 4.90 Å². The molecule has 8 heavy (non-hydrogen) atoms. The van der Waals surface area contributed by atoms with Gasteiger partial charge in [0.15, 0.2) is 0 Å². The van der Waals surface area contributed by atoms with Crippen molar-refractivity contribution in [3.05, 3.63) is 0 Å². The lowest BCUT2D eigenvalue weighted by molar-refractivity contribution is -0.129. The summed E-state index contributed by atoms with van der Waals surface area (Å²) in [6, 6.07) is 0. The van der Waals surface area contributed by atoms with Crippen molar-refractivity contribution in [1.82, 2.24) is 10.2 Å². The zero-order valence-electron chi connectivity index (χ0n) is 4.63. The summed E-state index contributed by atoms with van der Waals surface area (Å²) in [6.07, 6.45) is 0.924. The molecule has 46 valence electrons. The maximum atomic E-state index is 9.78.